The standard InChI is InChI=1S/C14H14BrNO2S/c1-2-18-14(17)13(10-7-8-19-9-10)16-12-5-3-11(15)4-6-12/h3-9,13,16H,2H2,1H3. The van der Waals surface area contributed by atoms with Gasteiger partial charge in [-0.25, -0.2) is 4.79 Å². The summed E-state index contributed by atoms with van der Waals surface area (Å²) in [7, 11) is 0. The van der Waals surface area contributed by atoms with E-state index in [2.05, 4.69) is 21.2 Å². The van der Waals surface area contributed by atoms with Crippen molar-refractivity contribution in [2.75, 3.05) is 11.9 Å². The van der Waals surface area contributed by atoms with Crippen LogP contribution in [0, 0.1) is 0 Å². The molecule has 3 nitrogen and oxygen atoms in total. The molecule has 5 heteroatoms. The normalized spacial score (nSPS) is 11.9. The second-order valence-electron chi connectivity index (χ2n) is 3.89. The highest BCUT2D eigenvalue weighted by atomic mass is 79.9. The summed E-state index contributed by atoms with van der Waals surface area (Å²) in [6.07, 6.45) is 0. The zero-order valence-corrected chi connectivity index (χ0v) is 12.8. The van der Waals surface area contributed by atoms with E-state index in [0.29, 0.717) is 6.61 Å². The Morgan fingerprint density at radius 2 is 2.11 bits per heavy atom. The number of hydrogen-bond donors (Lipinski definition) is 1. The Bertz CT molecular complexity index is 525. The molecular weight excluding hydrogens is 326 g/mol. The number of anilines is 1. The van der Waals surface area contributed by atoms with Crippen molar-refractivity contribution >= 4 is 38.9 Å². The Morgan fingerprint density at radius 3 is 2.68 bits per heavy atom. The zero-order valence-electron chi connectivity index (χ0n) is 10.4. The van der Waals surface area contributed by atoms with Crippen molar-refractivity contribution in [1.29, 1.82) is 0 Å². The van der Waals surface area contributed by atoms with Crippen LogP contribution in [0.25, 0.3) is 0 Å². The van der Waals surface area contributed by atoms with Gasteiger partial charge < -0.3 is 10.1 Å². The Labute approximate surface area is 124 Å². The van der Waals surface area contributed by atoms with Crippen molar-refractivity contribution in [1.82, 2.24) is 0 Å². The van der Waals surface area contributed by atoms with Gasteiger partial charge in [0.2, 0.25) is 0 Å². The second kappa shape index (κ2) is 6.73. The van der Waals surface area contributed by atoms with Gasteiger partial charge in [-0.05, 0) is 53.6 Å². The summed E-state index contributed by atoms with van der Waals surface area (Å²) in [4.78, 5) is 12.0. The van der Waals surface area contributed by atoms with Gasteiger partial charge in [0, 0.05) is 10.2 Å². The van der Waals surface area contributed by atoms with E-state index in [9.17, 15) is 4.79 Å². The van der Waals surface area contributed by atoms with Crippen LogP contribution in [0.5, 0.6) is 0 Å². The Kier molecular flexibility index (Phi) is 4.99. The highest BCUT2D eigenvalue weighted by Gasteiger charge is 2.22. The highest BCUT2D eigenvalue weighted by molar-refractivity contribution is 9.10. The fraction of sp³-hybridized carbons (Fsp3) is 0.214. The first-order valence-corrected chi connectivity index (χ1v) is 7.65. The Hall–Kier alpha value is -1.33. The van der Waals surface area contributed by atoms with Crippen molar-refractivity contribution < 1.29 is 9.53 Å². The van der Waals surface area contributed by atoms with E-state index < -0.39 is 6.04 Å². The number of thiophene rings is 1. The first-order valence-electron chi connectivity index (χ1n) is 5.91. The maximum Gasteiger partial charge on any atom is 0.333 e. The van der Waals surface area contributed by atoms with Crippen LogP contribution in [0.15, 0.2) is 45.6 Å². The Morgan fingerprint density at radius 1 is 1.37 bits per heavy atom. The molecule has 19 heavy (non-hydrogen) atoms. The minimum atomic E-state index is -0.465. The first kappa shape index (κ1) is 14.1. The molecule has 1 aromatic carbocycles. The van der Waals surface area contributed by atoms with Crippen LogP contribution in [-0.2, 0) is 9.53 Å². The smallest absolute Gasteiger partial charge is 0.333 e. The molecule has 2 rings (SSSR count). The van der Waals surface area contributed by atoms with Gasteiger partial charge in [-0.15, -0.1) is 0 Å². The van der Waals surface area contributed by atoms with E-state index >= 15 is 0 Å². The first-order chi connectivity index (χ1) is 9.20. The number of halogens is 1. The third-order valence-electron chi connectivity index (χ3n) is 2.55. The summed E-state index contributed by atoms with van der Waals surface area (Å²) < 4.78 is 6.12. The lowest BCUT2D eigenvalue weighted by molar-refractivity contribution is -0.144. The van der Waals surface area contributed by atoms with Gasteiger partial charge in [0.25, 0.3) is 0 Å². The van der Waals surface area contributed by atoms with E-state index in [0.717, 1.165) is 15.7 Å². The number of carbonyl (C=O) groups is 1. The van der Waals surface area contributed by atoms with Crippen LogP contribution in [0.1, 0.15) is 18.5 Å². The van der Waals surface area contributed by atoms with Crippen LogP contribution in [0.4, 0.5) is 5.69 Å². The van der Waals surface area contributed by atoms with Crippen LogP contribution in [0.2, 0.25) is 0 Å². The quantitative estimate of drug-likeness (QED) is 0.828. The average Bonchev–Trinajstić information content (AvgIpc) is 2.92. The number of ether oxygens (including phenoxy) is 1. The molecule has 0 amide bonds. The van der Waals surface area contributed by atoms with Gasteiger partial charge in [-0.1, -0.05) is 15.9 Å². The molecule has 2 aromatic rings. The predicted octanol–water partition coefficient (Wildman–Crippen LogP) is 4.23. The molecule has 1 N–H and O–H groups in total. The van der Waals surface area contributed by atoms with Crippen molar-refractivity contribution in [3.8, 4) is 0 Å². The van der Waals surface area contributed by atoms with Gasteiger partial charge in [0.05, 0.1) is 6.61 Å². The van der Waals surface area contributed by atoms with E-state index in [1.165, 1.54) is 0 Å². The number of benzene rings is 1. The third kappa shape index (κ3) is 3.81. The van der Waals surface area contributed by atoms with Crippen molar-refractivity contribution in [3.63, 3.8) is 0 Å². The monoisotopic (exact) mass is 339 g/mol. The maximum absolute atomic E-state index is 12.0. The lowest BCUT2D eigenvalue weighted by atomic mass is 10.1. The van der Waals surface area contributed by atoms with Crippen LogP contribution in [-0.4, -0.2) is 12.6 Å². The van der Waals surface area contributed by atoms with E-state index in [4.69, 9.17) is 4.74 Å². The number of rotatable bonds is 5. The molecular formula is C14H14BrNO2S. The largest absolute Gasteiger partial charge is 0.464 e. The minimum absolute atomic E-state index is 0.260. The Balaban J connectivity index is 2.18. The maximum atomic E-state index is 12.0. The summed E-state index contributed by atoms with van der Waals surface area (Å²) in [5.74, 6) is -0.260. The van der Waals surface area contributed by atoms with Gasteiger partial charge in [-0.3, -0.25) is 0 Å². The number of carbonyl (C=O) groups excluding carboxylic acids is 1. The zero-order chi connectivity index (χ0) is 13.7. The molecule has 1 heterocycles. The molecule has 0 aliphatic rings. The molecule has 0 saturated carbocycles. The molecule has 0 saturated heterocycles. The van der Waals surface area contributed by atoms with E-state index in [1.54, 1.807) is 11.3 Å². The molecule has 1 aromatic heterocycles. The molecule has 100 valence electrons. The molecule has 0 aliphatic heterocycles. The second-order valence-corrected chi connectivity index (χ2v) is 5.59. The molecule has 1 unspecified atom stereocenters. The van der Waals surface area contributed by atoms with Crippen LogP contribution < -0.4 is 5.32 Å². The SMILES string of the molecule is CCOC(=O)C(Nc1ccc(Br)cc1)c1ccsc1. The average molecular weight is 340 g/mol. The summed E-state index contributed by atoms with van der Waals surface area (Å²) in [6.45, 7) is 2.18. The summed E-state index contributed by atoms with van der Waals surface area (Å²) in [5, 5.41) is 7.11. The van der Waals surface area contributed by atoms with E-state index in [1.807, 2.05) is 48.0 Å². The van der Waals surface area contributed by atoms with Gasteiger partial charge in [-0.2, -0.15) is 11.3 Å². The fourth-order valence-electron chi connectivity index (χ4n) is 1.66. The molecule has 1 atom stereocenters. The molecule has 0 aliphatic carbocycles. The summed E-state index contributed by atoms with van der Waals surface area (Å²) in [5.41, 5.74) is 1.80. The minimum Gasteiger partial charge on any atom is -0.464 e. The third-order valence-corrected chi connectivity index (χ3v) is 3.78. The van der Waals surface area contributed by atoms with Crippen molar-refractivity contribution in [3.05, 3.63) is 51.1 Å². The number of hydrogen-bond acceptors (Lipinski definition) is 4. The van der Waals surface area contributed by atoms with E-state index in [-0.39, 0.29) is 5.97 Å². The summed E-state index contributed by atoms with van der Waals surface area (Å²) >= 11 is 4.95. The van der Waals surface area contributed by atoms with Crippen LogP contribution in [0.3, 0.4) is 0 Å². The van der Waals surface area contributed by atoms with Crippen molar-refractivity contribution in [2.45, 2.75) is 13.0 Å². The number of nitrogens with one attached hydrogen (secondary N) is 1. The molecule has 0 bridgehead atoms. The number of esters is 1. The fourth-order valence-corrected chi connectivity index (χ4v) is 2.61. The topological polar surface area (TPSA) is 38.3 Å². The predicted molar refractivity (Wildman–Crippen MR) is 81.5 cm³/mol. The van der Waals surface area contributed by atoms with Gasteiger partial charge in [0.15, 0.2) is 6.04 Å². The summed E-state index contributed by atoms with van der Waals surface area (Å²) in [6, 6.07) is 9.16. The molecule has 0 radical (unpaired) electrons. The molecule has 0 spiro atoms. The van der Waals surface area contributed by atoms with Gasteiger partial charge in [0.1, 0.15) is 0 Å². The lowest BCUT2D eigenvalue weighted by Crippen LogP contribution is -2.22. The van der Waals surface area contributed by atoms with Crippen LogP contribution >= 0.6 is 27.3 Å². The highest BCUT2D eigenvalue weighted by Crippen LogP contribution is 2.24. The lowest BCUT2D eigenvalue weighted by Gasteiger charge is -2.17. The van der Waals surface area contributed by atoms with Gasteiger partial charge >= 0.3 is 5.97 Å². The van der Waals surface area contributed by atoms with Crippen molar-refractivity contribution in [2.24, 2.45) is 0 Å². The molecule has 0 fully saturated rings.